The van der Waals surface area contributed by atoms with Gasteiger partial charge in [0.2, 0.25) is 5.91 Å². The third-order valence-corrected chi connectivity index (χ3v) is 3.25. The number of benzene rings is 1. The SMILES string of the molecule is CCOCCCC(=O)N1CCc2c(N)cccc21. The summed E-state index contributed by atoms with van der Waals surface area (Å²) in [6.45, 7) is 4.06. The minimum absolute atomic E-state index is 0.166. The third kappa shape index (κ3) is 2.64. The molecule has 2 rings (SSSR count). The van der Waals surface area contributed by atoms with Gasteiger partial charge >= 0.3 is 0 Å². The van der Waals surface area contributed by atoms with Gasteiger partial charge in [0.1, 0.15) is 0 Å². The van der Waals surface area contributed by atoms with Crippen molar-refractivity contribution in [3.8, 4) is 0 Å². The Morgan fingerprint density at radius 1 is 1.50 bits per heavy atom. The molecule has 18 heavy (non-hydrogen) atoms. The Morgan fingerprint density at radius 2 is 2.33 bits per heavy atom. The minimum atomic E-state index is 0.166. The van der Waals surface area contributed by atoms with Crippen molar-refractivity contribution in [3.63, 3.8) is 0 Å². The molecule has 0 unspecified atom stereocenters. The lowest BCUT2D eigenvalue weighted by Crippen LogP contribution is -2.28. The Labute approximate surface area is 108 Å². The largest absolute Gasteiger partial charge is 0.398 e. The molecule has 4 nitrogen and oxygen atoms in total. The van der Waals surface area contributed by atoms with Gasteiger partial charge in [0.15, 0.2) is 0 Å². The lowest BCUT2D eigenvalue weighted by molar-refractivity contribution is -0.118. The smallest absolute Gasteiger partial charge is 0.227 e. The van der Waals surface area contributed by atoms with Gasteiger partial charge in [0, 0.05) is 43.1 Å². The zero-order chi connectivity index (χ0) is 13.0. The molecule has 4 heteroatoms. The van der Waals surface area contributed by atoms with Crippen molar-refractivity contribution in [2.75, 3.05) is 30.4 Å². The lowest BCUT2D eigenvalue weighted by Gasteiger charge is -2.17. The van der Waals surface area contributed by atoms with Crippen molar-refractivity contribution >= 4 is 17.3 Å². The molecule has 0 spiro atoms. The third-order valence-electron chi connectivity index (χ3n) is 3.25. The summed E-state index contributed by atoms with van der Waals surface area (Å²) < 4.78 is 5.24. The van der Waals surface area contributed by atoms with Gasteiger partial charge in [-0.15, -0.1) is 0 Å². The minimum Gasteiger partial charge on any atom is -0.398 e. The Hall–Kier alpha value is -1.55. The van der Waals surface area contributed by atoms with Crippen molar-refractivity contribution in [2.45, 2.75) is 26.2 Å². The van der Waals surface area contributed by atoms with Gasteiger partial charge in [0.05, 0.1) is 0 Å². The van der Waals surface area contributed by atoms with Crippen LogP contribution >= 0.6 is 0 Å². The second kappa shape index (κ2) is 5.87. The predicted octanol–water partition coefficient (Wildman–Crippen LogP) is 1.97. The molecular weight excluding hydrogens is 228 g/mol. The topological polar surface area (TPSA) is 55.6 Å². The molecule has 1 amide bonds. The van der Waals surface area contributed by atoms with E-state index in [4.69, 9.17) is 10.5 Å². The molecule has 0 saturated carbocycles. The molecule has 0 bridgehead atoms. The number of amides is 1. The molecular formula is C14H20N2O2. The van der Waals surface area contributed by atoms with Crippen LogP contribution in [0.15, 0.2) is 18.2 Å². The maximum atomic E-state index is 12.1. The lowest BCUT2D eigenvalue weighted by atomic mass is 10.1. The van der Waals surface area contributed by atoms with Gasteiger partial charge in [-0.1, -0.05) is 6.07 Å². The molecule has 1 aliphatic heterocycles. The number of nitrogen functional groups attached to an aromatic ring is 1. The summed E-state index contributed by atoms with van der Waals surface area (Å²) in [5.41, 5.74) is 8.79. The van der Waals surface area contributed by atoms with E-state index >= 15 is 0 Å². The van der Waals surface area contributed by atoms with Crippen LogP contribution in [0.4, 0.5) is 11.4 Å². The second-order valence-electron chi connectivity index (χ2n) is 4.44. The van der Waals surface area contributed by atoms with Crippen LogP contribution in [0.25, 0.3) is 0 Å². The maximum Gasteiger partial charge on any atom is 0.227 e. The molecule has 0 fully saturated rings. The molecule has 0 aliphatic carbocycles. The number of fused-ring (bicyclic) bond motifs is 1. The number of nitrogens with zero attached hydrogens (tertiary/aromatic N) is 1. The summed E-state index contributed by atoms with van der Waals surface area (Å²) in [5, 5.41) is 0. The van der Waals surface area contributed by atoms with Crippen LogP contribution in [0.5, 0.6) is 0 Å². The van der Waals surface area contributed by atoms with E-state index in [-0.39, 0.29) is 5.91 Å². The summed E-state index contributed by atoms with van der Waals surface area (Å²) in [5.74, 6) is 0.166. The van der Waals surface area contributed by atoms with Gasteiger partial charge < -0.3 is 15.4 Å². The van der Waals surface area contributed by atoms with E-state index < -0.39 is 0 Å². The fourth-order valence-corrected chi connectivity index (χ4v) is 2.33. The fraction of sp³-hybridized carbons (Fsp3) is 0.500. The highest BCUT2D eigenvalue weighted by Crippen LogP contribution is 2.32. The molecule has 1 heterocycles. The molecule has 2 N–H and O–H groups in total. The fourth-order valence-electron chi connectivity index (χ4n) is 2.33. The normalized spacial score (nSPS) is 13.7. The molecule has 0 aromatic heterocycles. The zero-order valence-corrected chi connectivity index (χ0v) is 10.8. The van der Waals surface area contributed by atoms with E-state index in [1.54, 1.807) is 0 Å². The second-order valence-corrected chi connectivity index (χ2v) is 4.44. The van der Waals surface area contributed by atoms with Gasteiger partial charge in [-0.2, -0.15) is 0 Å². The molecule has 1 aromatic rings. The van der Waals surface area contributed by atoms with Crippen molar-refractivity contribution in [2.24, 2.45) is 0 Å². The van der Waals surface area contributed by atoms with E-state index in [1.807, 2.05) is 30.0 Å². The summed E-state index contributed by atoms with van der Waals surface area (Å²) in [4.78, 5) is 14.0. The van der Waals surface area contributed by atoms with E-state index in [0.717, 1.165) is 36.3 Å². The number of hydrogen-bond acceptors (Lipinski definition) is 3. The van der Waals surface area contributed by atoms with Gasteiger partial charge in [-0.05, 0) is 31.9 Å². The monoisotopic (exact) mass is 248 g/mol. The van der Waals surface area contributed by atoms with E-state index in [9.17, 15) is 4.79 Å². The van der Waals surface area contributed by atoms with Crippen molar-refractivity contribution in [3.05, 3.63) is 23.8 Å². The molecule has 0 atom stereocenters. The zero-order valence-electron chi connectivity index (χ0n) is 10.8. The molecule has 1 aliphatic rings. The highest BCUT2D eigenvalue weighted by molar-refractivity contribution is 5.96. The number of anilines is 2. The number of rotatable bonds is 5. The Balaban J connectivity index is 1.96. The standard InChI is InChI=1S/C14H20N2O2/c1-2-18-10-4-7-14(17)16-9-8-11-12(15)5-3-6-13(11)16/h3,5-6H,2,4,7-10,15H2,1H3. The Morgan fingerprint density at radius 3 is 3.11 bits per heavy atom. The average Bonchev–Trinajstić information content (AvgIpc) is 2.80. The van der Waals surface area contributed by atoms with Crippen LogP contribution in [-0.4, -0.2) is 25.7 Å². The summed E-state index contributed by atoms with van der Waals surface area (Å²) in [7, 11) is 0. The molecule has 1 aromatic carbocycles. The van der Waals surface area contributed by atoms with Gasteiger partial charge in [-0.25, -0.2) is 0 Å². The first-order valence-electron chi connectivity index (χ1n) is 6.49. The first-order chi connectivity index (χ1) is 8.74. The van der Waals surface area contributed by atoms with Crippen LogP contribution in [0.2, 0.25) is 0 Å². The van der Waals surface area contributed by atoms with E-state index in [2.05, 4.69) is 0 Å². The first-order valence-corrected chi connectivity index (χ1v) is 6.49. The Kier molecular flexibility index (Phi) is 4.20. The highest BCUT2D eigenvalue weighted by Gasteiger charge is 2.25. The van der Waals surface area contributed by atoms with E-state index in [0.29, 0.717) is 19.6 Å². The number of carbonyl (C=O) groups is 1. The van der Waals surface area contributed by atoms with E-state index in [1.165, 1.54) is 0 Å². The summed E-state index contributed by atoms with van der Waals surface area (Å²) in [6, 6.07) is 5.76. The molecule has 0 saturated heterocycles. The number of nitrogens with two attached hydrogens (primary N) is 1. The quantitative estimate of drug-likeness (QED) is 0.640. The highest BCUT2D eigenvalue weighted by atomic mass is 16.5. The summed E-state index contributed by atoms with van der Waals surface area (Å²) in [6.07, 6.45) is 2.17. The average molecular weight is 248 g/mol. The van der Waals surface area contributed by atoms with Crippen LogP contribution in [0, 0.1) is 0 Å². The van der Waals surface area contributed by atoms with Crippen LogP contribution in [0.1, 0.15) is 25.3 Å². The maximum absolute atomic E-state index is 12.1. The van der Waals surface area contributed by atoms with Crippen LogP contribution in [-0.2, 0) is 16.0 Å². The van der Waals surface area contributed by atoms with Gasteiger partial charge in [0.25, 0.3) is 0 Å². The van der Waals surface area contributed by atoms with Crippen LogP contribution < -0.4 is 10.6 Å². The number of carbonyl (C=O) groups excluding carboxylic acids is 1. The molecule has 98 valence electrons. The predicted molar refractivity (Wildman–Crippen MR) is 72.6 cm³/mol. The van der Waals surface area contributed by atoms with Crippen molar-refractivity contribution in [1.82, 2.24) is 0 Å². The number of ether oxygens (including phenoxy) is 1. The Bertz CT molecular complexity index is 432. The van der Waals surface area contributed by atoms with Crippen LogP contribution in [0.3, 0.4) is 0 Å². The van der Waals surface area contributed by atoms with Crippen molar-refractivity contribution < 1.29 is 9.53 Å². The number of hydrogen-bond donors (Lipinski definition) is 1. The first kappa shape index (κ1) is 12.9. The van der Waals surface area contributed by atoms with Crippen molar-refractivity contribution in [1.29, 1.82) is 0 Å². The molecule has 0 radical (unpaired) electrons. The van der Waals surface area contributed by atoms with Gasteiger partial charge in [-0.3, -0.25) is 4.79 Å². The summed E-state index contributed by atoms with van der Waals surface area (Å²) >= 11 is 0.